The van der Waals surface area contributed by atoms with Gasteiger partial charge in [0.25, 0.3) is 0 Å². The van der Waals surface area contributed by atoms with Crippen molar-refractivity contribution in [3.8, 4) is 11.5 Å². The number of halogens is 11. The highest BCUT2D eigenvalue weighted by molar-refractivity contribution is 7.85. The Morgan fingerprint density at radius 3 is 1.37 bits per heavy atom. The van der Waals surface area contributed by atoms with Gasteiger partial charge in [0.2, 0.25) is 0 Å². The number of esters is 2. The van der Waals surface area contributed by atoms with Gasteiger partial charge in [0, 0.05) is 57.5 Å². The molecular formula is C67H97ClF10N2O10S2. The van der Waals surface area contributed by atoms with Crippen LogP contribution in [0.4, 0.5) is 48.7 Å². The number of rotatable bonds is 23. The number of hydrogen-bond donors (Lipinski definition) is 4. The molecule has 12 nitrogen and oxygen atoms in total. The summed E-state index contributed by atoms with van der Waals surface area (Å²) in [6, 6.07) is 9.78. The number of carbonyl (C=O) groups excluding carboxylic acids is 3. The minimum Gasteiger partial charge on any atom is -0.444 e. The molecule has 2 aromatic rings. The van der Waals surface area contributed by atoms with Crippen molar-refractivity contribution in [2.45, 2.75) is 244 Å². The molecule has 0 bridgehead atoms. The predicted octanol–water partition coefficient (Wildman–Crippen LogP) is 15.0. The maximum Gasteiger partial charge on any atom is 0.453 e. The minimum absolute atomic E-state index is 0. The van der Waals surface area contributed by atoms with E-state index < -0.39 is 107 Å². The second kappa shape index (κ2) is 30.9. The van der Waals surface area contributed by atoms with Crippen LogP contribution in [0.25, 0.3) is 0 Å². The number of alkyl halides is 10. The molecule has 1 amide bonds. The lowest BCUT2D eigenvalue weighted by atomic mass is 9.52. The highest BCUT2D eigenvalue weighted by atomic mass is 35.5. The van der Waals surface area contributed by atoms with Crippen molar-refractivity contribution in [1.82, 2.24) is 5.32 Å². The number of ether oxygens (including phenoxy) is 3. The highest BCUT2D eigenvalue weighted by Crippen LogP contribution is 2.64. The van der Waals surface area contributed by atoms with Crippen molar-refractivity contribution < 1.29 is 91.1 Å². The summed E-state index contributed by atoms with van der Waals surface area (Å²) in [7, 11) is -3.02. The van der Waals surface area contributed by atoms with Gasteiger partial charge >= 0.3 is 42.2 Å². The molecule has 8 rings (SSSR count). The Kier molecular flexibility index (Phi) is 26.0. The van der Waals surface area contributed by atoms with Crippen LogP contribution in [-0.2, 0) is 48.8 Å². The van der Waals surface area contributed by atoms with E-state index in [4.69, 9.17) is 19.9 Å². The van der Waals surface area contributed by atoms with Crippen LogP contribution in [0.2, 0.25) is 0 Å². The molecule has 0 saturated heterocycles. The van der Waals surface area contributed by atoms with Crippen LogP contribution in [0.1, 0.15) is 199 Å². The third-order valence-corrected chi connectivity index (χ3v) is 24.1. The molecule has 6 aliphatic rings. The summed E-state index contributed by atoms with van der Waals surface area (Å²) < 4.78 is 170. The zero-order valence-corrected chi connectivity index (χ0v) is 56.8. The van der Waals surface area contributed by atoms with Crippen LogP contribution < -0.4 is 20.5 Å². The predicted molar refractivity (Wildman–Crippen MR) is 336 cm³/mol. The van der Waals surface area contributed by atoms with Gasteiger partial charge in [-0.15, -0.1) is 12.4 Å². The minimum atomic E-state index is -5.62. The lowest BCUT2D eigenvalue weighted by molar-refractivity contribution is -0.284. The van der Waals surface area contributed by atoms with Crippen molar-refractivity contribution in [3.63, 3.8) is 0 Å². The molecule has 4 fully saturated rings. The van der Waals surface area contributed by atoms with Crippen molar-refractivity contribution in [1.29, 1.82) is 0 Å². The van der Waals surface area contributed by atoms with Crippen molar-refractivity contribution >= 4 is 52.0 Å². The number of nitrogens with two attached hydrogens (primary N) is 1. The summed E-state index contributed by atoms with van der Waals surface area (Å²) in [5.74, 6) is -8.09. The lowest BCUT2D eigenvalue weighted by Crippen LogP contribution is -2.48. The number of aliphatic hydroxyl groups is 2. The smallest absolute Gasteiger partial charge is 0.444 e. The van der Waals surface area contributed by atoms with E-state index in [2.05, 4.69) is 19.2 Å². The number of aliphatic hydroxyl groups excluding tert-OH is 2. The Morgan fingerprint density at radius 2 is 1.00 bits per heavy atom. The molecule has 16 atom stereocenters. The van der Waals surface area contributed by atoms with Crippen LogP contribution in [0.3, 0.4) is 0 Å². The van der Waals surface area contributed by atoms with E-state index in [0.29, 0.717) is 49.0 Å². The second-order valence-corrected chi connectivity index (χ2v) is 32.5. The largest absolute Gasteiger partial charge is 0.453 e. The molecule has 0 aliphatic heterocycles. The maximum absolute atomic E-state index is 13.3. The monoisotopic (exact) mass is 1380 g/mol. The average molecular weight is 1380 g/mol. The molecule has 6 aliphatic carbocycles. The Balaban J connectivity index is 0.000000292. The van der Waals surface area contributed by atoms with E-state index >= 15 is 0 Å². The zero-order valence-electron chi connectivity index (χ0n) is 54.3. The summed E-state index contributed by atoms with van der Waals surface area (Å²) in [5, 5.41) is 24.5. The van der Waals surface area contributed by atoms with Gasteiger partial charge in [0.1, 0.15) is 29.2 Å². The molecule has 2 aromatic carbocycles. The number of hydrogen-bond acceptors (Lipinski definition) is 11. The Labute approximate surface area is 546 Å². The first-order valence-corrected chi connectivity index (χ1v) is 35.5. The number of fused-ring (bicyclic) bond motifs is 10. The van der Waals surface area contributed by atoms with Crippen LogP contribution in [-0.4, -0.2) is 114 Å². The molecule has 524 valence electrons. The van der Waals surface area contributed by atoms with E-state index in [-0.39, 0.29) is 106 Å². The lowest BCUT2D eigenvalue weighted by Gasteiger charge is -2.53. The van der Waals surface area contributed by atoms with Crippen LogP contribution in [0.15, 0.2) is 36.4 Å². The SMILES string of the molecule is CC(C)[C@H](N)C(=O)Oc1ccc2c(c1)C[C@@H](CCCS(=O)CCCC(F)(F)C(F)(F)F)[C@@H]1[C@@H]2CC[C@]2(C)[C@@H](O)CC[C@@H]12.CC(C)[C@H](NC(=O)OC(C)(C)C)C(=O)Oc1ccc2c(c1)C[C@@H](CCCS(=O)CCCC(F)(F)C(F)(F)F)[C@@H]1[C@@H]2CC[C@]2(C)[C@@H](O)CC[C@@H]12.Cl. The normalized spacial score (nSPS) is 29.1. The molecule has 0 spiro atoms. The standard InChI is InChI=1S/C36H52F5NO6S.C31H44F5NO4S.ClH/c1-21(2)30(42-32(45)48-33(3,4)5)31(44)47-24-10-11-25-23(20-24)19-22(29-26(25)14-16-34(6)27(29)12-13-28(34)43)9-7-17-49(46)18-8-15-35(37,38)36(39,40)41;1-18(2)27(37)28(39)41-21-7-8-22-20(17-21)16-19(26-23(22)11-13-29(3)24(26)9-10-25(29)38)6-4-14-42(40)15-5-12-30(32,33)31(34,35)36;/h10-11,20-22,26-30,43H,7-9,12-19H2,1-6H3,(H,42,45);7-8,17-19,23-27,38H,4-6,9-16,37H2,1-3H3;1H/t22-,26-,27+,28+,29-,30+,34+,49?;19-,23-,24+,25+,26-,27+,29+,42?;/m11./s1. The molecule has 0 aromatic heterocycles. The quantitative estimate of drug-likeness (QED) is 0.0470. The fourth-order valence-corrected chi connectivity index (χ4v) is 18.5. The van der Waals surface area contributed by atoms with E-state index in [1.165, 1.54) is 11.1 Å². The fraction of sp³-hybridized carbons (Fsp3) is 0.776. The van der Waals surface area contributed by atoms with E-state index in [1.807, 2.05) is 44.2 Å². The van der Waals surface area contributed by atoms with Gasteiger partial charge in [0.05, 0.1) is 12.2 Å². The Bertz CT molecular complexity index is 2890. The summed E-state index contributed by atoms with van der Waals surface area (Å²) in [4.78, 5) is 38.2. The third-order valence-electron chi connectivity index (χ3n) is 21.1. The maximum atomic E-state index is 13.3. The van der Waals surface area contributed by atoms with Crippen LogP contribution in [0.5, 0.6) is 11.5 Å². The fourth-order valence-electron chi connectivity index (χ4n) is 16.1. The Hall–Kier alpha value is -3.58. The second-order valence-electron chi connectivity index (χ2n) is 29.1. The summed E-state index contributed by atoms with van der Waals surface area (Å²) in [6.07, 6.45) is -5.49. The van der Waals surface area contributed by atoms with E-state index in [1.54, 1.807) is 40.7 Å². The number of nitrogens with one attached hydrogen (secondary N) is 1. The topological polar surface area (TPSA) is 192 Å². The molecule has 4 saturated carbocycles. The number of carbonyl (C=O) groups is 3. The molecule has 2 unspecified atom stereocenters. The third kappa shape index (κ3) is 18.3. The molecule has 0 radical (unpaired) electrons. The van der Waals surface area contributed by atoms with Gasteiger partial charge in [-0.05, 0) is 240 Å². The summed E-state index contributed by atoms with van der Waals surface area (Å²) in [5.41, 5.74) is 9.43. The van der Waals surface area contributed by atoms with Crippen molar-refractivity contribution in [2.75, 3.05) is 23.0 Å². The van der Waals surface area contributed by atoms with E-state index in [9.17, 15) is 76.9 Å². The molecular weight excluding hydrogens is 1280 g/mol. The summed E-state index contributed by atoms with van der Waals surface area (Å²) >= 11 is 0. The van der Waals surface area contributed by atoms with Gasteiger partial charge in [-0.25, -0.2) is 14.4 Å². The van der Waals surface area contributed by atoms with Crippen molar-refractivity contribution in [3.05, 3.63) is 58.7 Å². The van der Waals surface area contributed by atoms with Crippen molar-refractivity contribution in [2.24, 2.45) is 63.9 Å². The van der Waals surface area contributed by atoms with Gasteiger partial charge in [-0.2, -0.15) is 43.9 Å². The van der Waals surface area contributed by atoms with Gasteiger partial charge in [0.15, 0.2) is 0 Å². The molecule has 0 heterocycles. The van der Waals surface area contributed by atoms with Gasteiger partial charge < -0.3 is 35.5 Å². The van der Waals surface area contributed by atoms with E-state index in [0.717, 1.165) is 75.3 Å². The summed E-state index contributed by atoms with van der Waals surface area (Å²) in [6.45, 7) is 16.8. The van der Waals surface area contributed by atoms with Crippen LogP contribution >= 0.6 is 12.4 Å². The number of benzene rings is 2. The first-order chi connectivity index (χ1) is 42.2. The first-order valence-electron chi connectivity index (χ1n) is 32.6. The molecule has 5 N–H and O–H groups in total. The van der Waals surface area contributed by atoms with Gasteiger partial charge in [-0.3, -0.25) is 8.42 Å². The molecule has 92 heavy (non-hydrogen) atoms. The Morgan fingerprint density at radius 1 is 0.609 bits per heavy atom. The van der Waals surface area contributed by atoms with Crippen LogP contribution in [0, 0.1) is 58.2 Å². The average Bonchev–Trinajstić information content (AvgIpc) is 1.37. The zero-order chi connectivity index (χ0) is 67.6. The van der Waals surface area contributed by atoms with Gasteiger partial charge in [-0.1, -0.05) is 53.7 Å². The molecule has 25 heteroatoms. The first kappa shape index (κ1) is 77.4. The number of alkyl carbamates (subject to hydrolysis) is 1. The highest BCUT2D eigenvalue weighted by Gasteiger charge is 2.60. The number of amides is 1.